The van der Waals surface area contributed by atoms with Crippen LogP contribution < -0.4 is 0 Å². The molecule has 2 fully saturated rings. The summed E-state index contributed by atoms with van der Waals surface area (Å²) in [5, 5.41) is 0. The Morgan fingerprint density at radius 1 is 1.38 bits per heavy atom. The lowest BCUT2D eigenvalue weighted by molar-refractivity contribution is 0.0145. The van der Waals surface area contributed by atoms with E-state index in [-0.39, 0.29) is 5.91 Å². The molecule has 2 saturated heterocycles. The Balaban J connectivity index is 1.80. The van der Waals surface area contributed by atoms with Gasteiger partial charge in [0.05, 0.1) is 0 Å². The van der Waals surface area contributed by atoms with Gasteiger partial charge < -0.3 is 9.47 Å². The minimum atomic E-state index is 0.181. The number of fused-ring (bicyclic) bond motifs is 1. The molecule has 2 atom stereocenters. The second-order valence-corrected chi connectivity index (χ2v) is 7.20. The van der Waals surface area contributed by atoms with Crippen LogP contribution in [0.2, 0.25) is 0 Å². The highest BCUT2D eigenvalue weighted by atomic mass is 79.9. The minimum absolute atomic E-state index is 0.181. The maximum Gasteiger partial charge on any atom is 0.270 e. The fourth-order valence-electron chi connectivity index (χ4n) is 3.70. The molecule has 5 heteroatoms. The molecule has 2 unspecified atom stereocenters. The average Bonchev–Trinajstić information content (AvgIpc) is 2.87. The second kappa shape index (κ2) is 6.13. The summed E-state index contributed by atoms with van der Waals surface area (Å²) in [6, 6.07) is 2.81. The number of nitrogens with zero attached hydrogens (tertiary/aromatic N) is 3. The third kappa shape index (κ3) is 2.90. The molecule has 0 aromatic carbocycles. The zero-order chi connectivity index (χ0) is 15.0. The first kappa shape index (κ1) is 15.1. The van der Waals surface area contributed by atoms with Crippen LogP contribution in [0.5, 0.6) is 0 Å². The summed E-state index contributed by atoms with van der Waals surface area (Å²) < 4.78 is 3.02. The molecule has 3 rings (SSSR count). The van der Waals surface area contributed by atoms with Gasteiger partial charge in [0, 0.05) is 42.4 Å². The molecule has 4 nitrogen and oxygen atoms in total. The van der Waals surface area contributed by atoms with E-state index in [1.807, 2.05) is 16.8 Å². The second-order valence-electron chi connectivity index (χ2n) is 6.28. The molecule has 2 aliphatic rings. The number of carbonyl (C=O) groups is 1. The van der Waals surface area contributed by atoms with Crippen LogP contribution >= 0.6 is 15.9 Å². The smallest absolute Gasteiger partial charge is 0.270 e. The van der Waals surface area contributed by atoms with E-state index >= 15 is 0 Å². The normalized spacial score (nSPS) is 26.7. The van der Waals surface area contributed by atoms with Gasteiger partial charge >= 0.3 is 0 Å². The van der Waals surface area contributed by atoms with Crippen molar-refractivity contribution in [1.29, 1.82) is 0 Å². The summed E-state index contributed by atoms with van der Waals surface area (Å²) in [6.07, 6.45) is 5.83. The van der Waals surface area contributed by atoms with Crippen LogP contribution in [0.1, 0.15) is 43.6 Å². The van der Waals surface area contributed by atoms with E-state index in [1.54, 1.807) is 0 Å². The Kier molecular flexibility index (Phi) is 4.41. The third-order valence-electron chi connectivity index (χ3n) is 4.87. The van der Waals surface area contributed by atoms with E-state index in [2.05, 4.69) is 39.6 Å². The molecule has 1 aromatic heterocycles. The van der Waals surface area contributed by atoms with Gasteiger partial charge in [0.1, 0.15) is 5.69 Å². The molecule has 116 valence electrons. The summed E-state index contributed by atoms with van der Waals surface area (Å²) in [7, 11) is 0. The number of carbonyl (C=O) groups excluding carboxylic acids is 1. The van der Waals surface area contributed by atoms with Crippen LogP contribution in [0.25, 0.3) is 0 Å². The van der Waals surface area contributed by atoms with Gasteiger partial charge in [0.15, 0.2) is 0 Å². The third-order valence-corrected chi connectivity index (χ3v) is 5.30. The lowest BCUT2D eigenvalue weighted by Crippen LogP contribution is -2.60. The van der Waals surface area contributed by atoms with Gasteiger partial charge in [0.2, 0.25) is 0 Å². The summed E-state index contributed by atoms with van der Waals surface area (Å²) >= 11 is 3.49. The quantitative estimate of drug-likeness (QED) is 0.817. The number of hydrogen-bond donors (Lipinski definition) is 0. The van der Waals surface area contributed by atoms with Gasteiger partial charge in [-0.3, -0.25) is 9.69 Å². The van der Waals surface area contributed by atoms with Crippen molar-refractivity contribution in [2.75, 3.05) is 19.6 Å². The van der Waals surface area contributed by atoms with Crippen molar-refractivity contribution in [2.45, 2.75) is 51.7 Å². The molecule has 0 spiro atoms. The van der Waals surface area contributed by atoms with Crippen LogP contribution in [0.3, 0.4) is 0 Å². The molecule has 0 saturated carbocycles. The molecule has 1 aromatic rings. The number of aromatic nitrogens is 1. The van der Waals surface area contributed by atoms with E-state index in [4.69, 9.17) is 0 Å². The van der Waals surface area contributed by atoms with E-state index in [1.165, 1.54) is 25.8 Å². The van der Waals surface area contributed by atoms with Gasteiger partial charge in [-0.2, -0.15) is 0 Å². The van der Waals surface area contributed by atoms with Crippen LogP contribution in [0, 0.1) is 0 Å². The molecule has 3 heterocycles. The molecule has 0 N–H and O–H groups in total. The fraction of sp³-hybridized carbons (Fsp3) is 0.688. The Hall–Kier alpha value is -0.810. The van der Waals surface area contributed by atoms with Gasteiger partial charge in [-0.05, 0) is 55.2 Å². The SMILES string of the molecule is CCn1cc(Br)cc1C(=O)N1CC2CCCCN2CC1C. The van der Waals surface area contributed by atoms with Crippen molar-refractivity contribution < 1.29 is 4.79 Å². The summed E-state index contributed by atoms with van der Waals surface area (Å²) in [4.78, 5) is 17.6. The van der Waals surface area contributed by atoms with Crippen LogP contribution in [0.4, 0.5) is 0 Å². The Morgan fingerprint density at radius 3 is 2.95 bits per heavy atom. The highest BCUT2D eigenvalue weighted by molar-refractivity contribution is 9.10. The van der Waals surface area contributed by atoms with Crippen molar-refractivity contribution in [1.82, 2.24) is 14.4 Å². The topological polar surface area (TPSA) is 28.5 Å². The maximum atomic E-state index is 12.9. The highest BCUT2D eigenvalue weighted by Gasteiger charge is 2.36. The van der Waals surface area contributed by atoms with Gasteiger partial charge in [-0.1, -0.05) is 6.42 Å². The number of halogens is 1. The number of aryl methyl sites for hydroxylation is 1. The van der Waals surface area contributed by atoms with Gasteiger partial charge in [0.25, 0.3) is 5.91 Å². The van der Waals surface area contributed by atoms with Crippen molar-refractivity contribution in [3.63, 3.8) is 0 Å². The van der Waals surface area contributed by atoms with Crippen molar-refractivity contribution in [3.8, 4) is 0 Å². The number of piperazine rings is 1. The summed E-state index contributed by atoms with van der Waals surface area (Å²) in [5.41, 5.74) is 0.806. The molecule has 0 aliphatic carbocycles. The van der Waals surface area contributed by atoms with Gasteiger partial charge in [-0.25, -0.2) is 0 Å². The first-order valence-corrected chi connectivity index (χ1v) is 8.80. The monoisotopic (exact) mass is 353 g/mol. The molecular formula is C16H24BrN3O. The fourth-order valence-corrected chi connectivity index (χ4v) is 4.16. The first-order valence-electron chi connectivity index (χ1n) is 8.01. The van der Waals surface area contributed by atoms with E-state index in [0.29, 0.717) is 12.1 Å². The minimum Gasteiger partial charge on any atom is -0.343 e. The van der Waals surface area contributed by atoms with Gasteiger partial charge in [-0.15, -0.1) is 0 Å². The van der Waals surface area contributed by atoms with Crippen molar-refractivity contribution >= 4 is 21.8 Å². The van der Waals surface area contributed by atoms with Crippen LogP contribution in [0.15, 0.2) is 16.7 Å². The Labute approximate surface area is 135 Å². The predicted octanol–water partition coefficient (Wildman–Crippen LogP) is 2.97. The molecule has 0 bridgehead atoms. The Bertz CT molecular complexity index is 528. The number of piperidine rings is 1. The number of rotatable bonds is 2. The largest absolute Gasteiger partial charge is 0.343 e. The molecule has 21 heavy (non-hydrogen) atoms. The van der Waals surface area contributed by atoms with E-state index in [0.717, 1.165) is 29.8 Å². The standard InChI is InChI=1S/C16H24BrN3O/c1-3-18-10-13(17)8-15(18)16(21)20-11-14-6-4-5-7-19(14)9-12(20)2/h8,10,12,14H,3-7,9,11H2,1-2H3. The maximum absolute atomic E-state index is 12.9. The molecule has 1 amide bonds. The highest BCUT2D eigenvalue weighted by Crippen LogP contribution is 2.26. The summed E-state index contributed by atoms with van der Waals surface area (Å²) in [6.45, 7) is 8.18. The van der Waals surface area contributed by atoms with Crippen molar-refractivity contribution in [3.05, 3.63) is 22.4 Å². The van der Waals surface area contributed by atoms with Crippen molar-refractivity contribution in [2.24, 2.45) is 0 Å². The van der Waals surface area contributed by atoms with E-state index < -0.39 is 0 Å². The zero-order valence-electron chi connectivity index (χ0n) is 12.9. The Morgan fingerprint density at radius 2 is 2.19 bits per heavy atom. The van der Waals surface area contributed by atoms with Crippen LogP contribution in [-0.4, -0.2) is 52.0 Å². The lowest BCUT2D eigenvalue weighted by Gasteiger charge is -2.47. The zero-order valence-corrected chi connectivity index (χ0v) is 14.5. The molecule has 2 aliphatic heterocycles. The summed E-state index contributed by atoms with van der Waals surface area (Å²) in [5.74, 6) is 0.181. The molecular weight excluding hydrogens is 330 g/mol. The van der Waals surface area contributed by atoms with Crippen LogP contribution in [-0.2, 0) is 6.54 Å². The number of amides is 1. The van der Waals surface area contributed by atoms with E-state index in [9.17, 15) is 4.79 Å². The molecule has 0 radical (unpaired) electrons. The lowest BCUT2D eigenvalue weighted by atomic mass is 9.97. The predicted molar refractivity (Wildman–Crippen MR) is 87.5 cm³/mol. The average molecular weight is 354 g/mol. The number of hydrogen-bond acceptors (Lipinski definition) is 2. The first-order chi connectivity index (χ1) is 10.1.